The monoisotopic (exact) mass is 340 g/mol. The van der Waals surface area contributed by atoms with E-state index in [1.54, 1.807) is 36.8 Å². The number of anilines is 1. The van der Waals surface area contributed by atoms with Crippen LogP contribution in [0.1, 0.15) is 16.1 Å². The Balaban J connectivity index is 1.54. The molecular weight excluding hydrogens is 320 g/mol. The Morgan fingerprint density at radius 3 is 2.40 bits per heavy atom. The van der Waals surface area contributed by atoms with E-state index in [-0.39, 0.29) is 5.69 Å². The van der Waals surface area contributed by atoms with Crippen LogP contribution >= 0.6 is 0 Å². The predicted molar refractivity (Wildman–Crippen MR) is 93.9 cm³/mol. The summed E-state index contributed by atoms with van der Waals surface area (Å²) < 4.78 is 0. The number of aliphatic imine (C=N–C) groups is 1. The van der Waals surface area contributed by atoms with E-state index in [0.717, 1.165) is 37.7 Å². The Morgan fingerprint density at radius 2 is 1.80 bits per heavy atom. The molecule has 1 saturated heterocycles. The van der Waals surface area contributed by atoms with Crippen molar-refractivity contribution in [2.75, 3.05) is 31.1 Å². The summed E-state index contributed by atoms with van der Waals surface area (Å²) in [4.78, 5) is 32.1. The molecule has 1 aliphatic heterocycles. The molecule has 3 heterocycles. The van der Waals surface area contributed by atoms with Gasteiger partial charge in [-0.05, 0) is 17.7 Å². The Labute approximate surface area is 145 Å². The van der Waals surface area contributed by atoms with Crippen LogP contribution in [-0.2, 0) is 6.54 Å². The van der Waals surface area contributed by atoms with Gasteiger partial charge >= 0.3 is 0 Å². The number of guanidine groups is 1. The molecule has 0 bridgehead atoms. The molecule has 0 aromatic carbocycles. The number of hydrogen-bond acceptors (Lipinski definition) is 6. The van der Waals surface area contributed by atoms with Crippen LogP contribution in [0, 0.1) is 0 Å². The Bertz CT molecular complexity index is 738. The SMILES string of the molecule is NC(=O)c1ccc(CN=C(N)N2CCN(c3ncccn3)CC2)cn1. The number of carbonyl (C=O) groups is 1. The lowest BCUT2D eigenvalue weighted by atomic mass is 10.2. The van der Waals surface area contributed by atoms with Gasteiger partial charge < -0.3 is 21.3 Å². The highest BCUT2D eigenvalue weighted by atomic mass is 16.1. The fourth-order valence-electron chi connectivity index (χ4n) is 2.53. The molecule has 9 nitrogen and oxygen atoms in total. The number of nitrogens with two attached hydrogens (primary N) is 2. The van der Waals surface area contributed by atoms with Crippen LogP contribution in [0.4, 0.5) is 5.95 Å². The number of amides is 1. The molecule has 4 N–H and O–H groups in total. The van der Waals surface area contributed by atoms with Crippen LogP contribution in [0.25, 0.3) is 0 Å². The average Bonchev–Trinajstić information content (AvgIpc) is 2.67. The van der Waals surface area contributed by atoms with Gasteiger partial charge in [0.25, 0.3) is 5.91 Å². The molecule has 1 aliphatic rings. The first-order chi connectivity index (χ1) is 12.1. The minimum Gasteiger partial charge on any atom is -0.370 e. The molecule has 9 heteroatoms. The number of piperazine rings is 1. The van der Waals surface area contributed by atoms with Gasteiger partial charge in [0.15, 0.2) is 5.96 Å². The van der Waals surface area contributed by atoms with E-state index in [0.29, 0.717) is 12.5 Å². The van der Waals surface area contributed by atoms with Crippen LogP contribution in [0.2, 0.25) is 0 Å². The Hall–Kier alpha value is -3.23. The minimum absolute atomic E-state index is 0.236. The standard InChI is InChI=1S/C16H20N8O/c17-14(25)13-3-2-12(10-21-13)11-22-15(18)23-6-8-24(9-7-23)16-19-4-1-5-20-16/h1-5,10H,6-9,11H2,(H2,17,25)(H2,18,22). The summed E-state index contributed by atoms with van der Waals surface area (Å²) in [5.41, 5.74) is 12.4. The Kier molecular flexibility index (Phi) is 5.03. The maximum atomic E-state index is 11.0. The molecule has 0 aliphatic carbocycles. The second kappa shape index (κ2) is 7.56. The van der Waals surface area contributed by atoms with Crippen molar-refractivity contribution in [1.82, 2.24) is 19.9 Å². The fraction of sp³-hybridized carbons (Fsp3) is 0.312. The normalized spacial score (nSPS) is 15.3. The van der Waals surface area contributed by atoms with Crippen molar-refractivity contribution in [3.05, 3.63) is 48.0 Å². The van der Waals surface area contributed by atoms with Gasteiger partial charge in [-0.3, -0.25) is 9.78 Å². The van der Waals surface area contributed by atoms with E-state index in [1.165, 1.54) is 0 Å². The van der Waals surface area contributed by atoms with Gasteiger partial charge in [0.1, 0.15) is 5.69 Å². The Morgan fingerprint density at radius 1 is 1.08 bits per heavy atom. The number of pyridine rings is 1. The largest absolute Gasteiger partial charge is 0.370 e. The van der Waals surface area contributed by atoms with E-state index in [2.05, 4.69) is 24.8 Å². The molecule has 2 aromatic rings. The number of primary amides is 1. The molecule has 0 saturated carbocycles. The smallest absolute Gasteiger partial charge is 0.267 e. The quantitative estimate of drug-likeness (QED) is 0.573. The van der Waals surface area contributed by atoms with Gasteiger partial charge in [0.2, 0.25) is 5.95 Å². The highest BCUT2D eigenvalue weighted by molar-refractivity contribution is 5.90. The van der Waals surface area contributed by atoms with Crippen LogP contribution in [0.5, 0.6) is 0 Å². The summed E-state index contributed by atoms with van der Waals surface area (Å²) in [5, 5.41) is 0. The lowest BCUT2D eigenvalue weighted by Crippen LogP contribution is -2.51. The number of hydrogen-bond donors (Lipinski definition) is 2. The third-order valence-corrected chi connectivity index (χ3v) is 3.94. The van der Waals surface area contributed by atoms with Gasteiger partial charge in [-0.2, -0.15) is 0 Å². The second-order valence-electron chi connectivity index (χ2n) is 5.61. The van der Waals surface area contributed by atoms with Crippen molar-refractivity contribution in [1.29, 1.82) is 0 Å². The van der Waals surface area contributed by atoms with E-state index in [1.807, 2.05) is 4.90 Å². The third-order valence-electron chi connectivity index (χ3n) is 3.94. The van der Waals surface area contributed by atoms with E-state index in [4.69, 9.17) is 11.5 Å². The highest BCUT2D eigenvalue weighted by Gasteiger charge is 2.19. The molecule has 3 rings (SSSR count). The summed E-state index contributed by atoms with van der Waals surface area (Å²) in [6, 6.07) is 5.16. The van der Waals surface area contributed by atoms with Crippen LogP contribution in [-0.4, -0.2) is 57.9 Å². The van der Waals surface area contributed by atoms with Crippen molar-refractivity contribution in [2.24, 2.45) is 16.5 Å². The average molecular weight is 340 g/mol. The van der Waals surface area contributed by atoms with Crippen LogP contribution in [0.15, 0.2) is 41.8 Å². The molecule has 1 fully saturated rings. The zero-order chi connectivity index (χ0) is 17.6. The molecule has 2 aromatic heterocycles. The molecule has 25 heavy (non-hydrogen) atoms. The minimum atomic E-state index is -0.546. The molecule has 0 radical (unpaired) electrons. The van der Waals surface area contributed by atoms with Crippen molar-refractivity contribution < 1.29 is 4.79 Å². The van der Waals surface area contributed by atoms with Crippen molar-refractivity contribution in [3.63, 3.8) is 0 Å². The van der Waals surface area contributed by atoms with Crippen LogP contribution < -0.4 is 16.4 Å². The third kappa shape index (κ3) is 4.19. The summed E-state index contributed by atoms with van der Waals surface area (Å²) in [6.45, 7) is 3.49. The number of aromatic nitrogens is 3. The first-order valence-corrected chi connectivity index (χ1v) is 7.95. The molecule has 0 unspecified atom stereocenters. The first-order valence-electron chi connectivity index (χ1n) is 7.95. The number of nitrogens with zero attached hydrogens (tertiary/aromatic N) is 6. The molecule has 130 valence electrons. The van der Waals surface area contributed by atoms with Crippen molar-refractivity contribution >= 4 is 17.8 Å². The lowest BCUT2D eigenvalue weighted by molar-refractivity contribution is 0.0995. The zero-order valence-electron chi connectivity index (χ0n) is 13.7. The van der Waals surface area contributed by atoms with Gasteiger partial charge in [-0.1, -0.05) is 6.07 Å². The van der Waals surface area contributed by atoms with Crippen molar-refractivity contribution in [2.45, 2.75) is 6.54 Å². The maximum absolute atomic E-state index is 11.0. The molecular formula is C16H20N8O. The number of carbonyl (C=O) groups excluding carboxylic acids is 1. The second-order valence-corrected chi connectivity index (χ2v) is 5.61. The first kappa shape index (κ1) is 16.6. The lowest BCUT2D eigenvalue weighted by Gasteiger charge is -2.35. The molecule has 1 amide bonds. The van der Waals surface area contributed by atoms with E-state index < -0.39 is 5.91 Å². The highest BCUT2D eigenvalue weighted by Crippen LogP contribution is 2.10. The molecule has 0 atom stereocenters. The maximum Gasteiger partial charge on any atom is 0.267 e. The summed E-state index contributed by atoms with van der Waals surface area (Å²) >= 11 is 0. The number of rotatable bonds is 4. The summed E-state index contributed by atoms with van der Waals surface area (Å²) in [5.74, 6) is 0.681. The summed E-state index contributed by atoms with van der Waals surface area (Å²) in [7, 11) is 0. The van der Waals surface area contributed by atoms with Crippen LogP contribution in [0.3, 0.4) is 0 Å². The topological polar surface area (TPSA) is 127 Å². The fourth-order valence-corrected chi connectivity index (χ4v) is 2.53. The van der Waals surface area contributed by atoms with Gasteiger partial charge in [0.05, 0.1) is 6.54 Å². The predicted octanol–water partition coefficient (Wildman–Crippen LogP) is -0.393. The van der Waals surface area contributed by atoms with Gasteiger partial charge in [0, 0.05) is 44.8 Å². The summed E-state index contributed by atoms with van der Waals surface area (Å²) in [6.07, 6.45) is 5.06. The van der Waals surface area contributed by atoms with E-state index >= 15 is 0 Å². The molecule has 0 spiro atoms. The zero-order valence-corrected chi connectivity index (χ0v) is 13.7. The van der Waals surface area contributed by atoms with Gasteiger partial charge in [-0.25, -0.2) is 15.0 Å². The van der Waals surface area contributed by atoms with Crippen molar-refractivity contribution in [3.8, 4) is 0 Å². The van der Waals surface area contributed by atoms with Gasteiger partial charge in [-0.15, -0.1) is 0 Å². The van der Waals surface area contributed by atoms with E-state index in [9.17, 15) is 4.79 Å².